The van der Waals surface area contributed by atoms with E-state index in [1.807, 2.05) is 0 Å². The molecular formula is C22H25N7O5S. The number of nitrogens with one attached hydrogen (secondary N) is 2. The van der Waals surface area contributed by atoms with E-state index >= 15 is 0 Å². The summed E-state index contributed by atoms with van der Waals surface area (Å²) in [5.41, 5.74) is 1.58. The zero-order valence-corrected chi connectivity index (χ0v) is 19.7. The van der Waals surface area contributed by atoms with Gasteiger partial charge in [-0.1, -0.05) is 6.07 Å². The maximum absolute atomic E-state index is 13.1. The number of rotatable bonds is 1. The number of carbonyl (C=O) groups excluding carboxylic acids is 2. The lowest BCUT2D eigenvalue weighted by molar-refractivity contribution is 0.0660. The van der Waals surface area contributed by atoms with E-state index in [0.29, 0.717) is 24.5 Å². The smallest absolute Gasteiger partial charge is 0.274 e. The number of aryl methyl sites for hydroxylation is 1. The van der Waals surface area contributed by atoms with E-state index in [0.717, 1.165) is 12.8 Å². The molecule has 12 nitrogen and oxygen atoms in total. The highest BCUT2D eigenvalue weighted by Crippen LogP contribution is 2.25. The average Bonchev–Trinajstić information content (AvgIpc) is 3.50. The number of hydrogen-bond acceptors (Lipinski definition) is 8. The molecule has 0 aromatic carbocycles. The Balaban J connectivity index is 1.51. The van der Waals surface area contributed by atoms with Crippen molar-refractivity contribution in [3.8, 4) is 11.3 Å². The number of fused-ring (bicyclic) bond motifs is 6. The summed E-state index contributed by atoms with van der Waals surface area (Å²) in [5, 5.41) is 14.0. The van der Waals surface area contributed by atoms with Gasteiger partial charge in [-0.05, 0) is 25.0 Å². The van der Waals surface area contributed by atoms with E-state index in [-0.39, 0.29) is 47.7 Å². The van der Waals surface area contributed by atoms with Crippen molar-refractivity contribution >= 4 is 27.3 Å². The van der Waals surface area contributed by atoms with Crippen LogP contribution in [-0.4, -0.2) is 76.0 Å². The third-order valence-corrected chi connectivity index (χ3v) is 7.63. The van der Waals surface area contributed by atoms with Gasteiger partial charge in [-0.2, -0.15) is 10.2 Å². The molecule has 0 aliphatic carbocycles. The number of anilines is 1. The molecule has 5 heterocycles. The van der Waals surface area contributed by atoms with Crippen molar-refractivity contribution in [2.24, 2.45) is 0 Å². The van der Waals surface area contributed by atoms with Crippen LogP contribution in [0.2, 0.25) is 0 Å². The molecule has 4 bridgehead atoms. The van der Waals surface area contributed by atoms with E-state index < -0.39 is 21.7 Å². The summed E-state index contributed by atoms with van der Waals surface area (Å²) in [5.74, 6) is -1.41. The highest BCUT2D eigenvalue weighted by Gasteiger charge is 2.25. The molecule has 35 heavy (non-hydrogen) atoms. The van der Waals surface area contributed by atoms with Gasteiger partial charge < -0.3 is 15.4 Å². The van der Waals surface area contributed by atoms with E-state index in [9.17, 15) is 18.0 Å². The molecule has 1 saturated heterocycles. The van der Waals surface area contributed by atoms with Gasteiger partial charge in [0.25, 0.3) is 11.8 Å². The minimum Gasteiger partial charge on any atom is -0.381 e. The van der Waals surface area contributed by atoms with Crippen molar-refractivity contribution in [3.05, 3.63) is 48.2 Å². The highest BCUT2D eigenvalue weighted by atomic mass is 32.2. The molecule has 0 radical (unpaired) electrons. The normalized spacial score (nSPS) is 19.3. The van der Waals surface area contributed by atoms with E-state index in [4.69, 9.17) is 4.74 Å². The molecule has 184 valence electrons. The monoisotopic (exact) mass is 499 g/mol. The zero-order valence-electron chi connectivity index (χ0n) is 18.9. The van der Waals surface area contributed by atoms with Crippen LogP contribution in [0.3, 0.4) is 0 Å². The third kappa shape index (κ3) is 5.25. The van der Waals surface area contributed by atoms with E-state index in [1.165, 1.54) is 4.68 Å². The lowest BCUT2D eigenvalue weighted by Gasteiger charge is -2.22. The molecule has 3 aromatic rings. The first-order valence-electron chi connectivity index (χ1n) is 11.3. The number of amides is 2. The predicted molar refractivity (Wildman–Crippen MR) is 126 cm³/mol. The van der Waals surface area contributed by atoms with Crippen LogP contribution in [0.25, 0.3) is 11.3 Å². The standard InChI is InChI=1S/C22H25N7O5S/c30-21-18-3-1-2-17(25-18)15-12-24-28(13-15)7-11-35(32,33)10-6-23-22(31)20-19(26-21)14-29(27-20)16-4-8-34-9-5-16/h1-3,12-14,16H,4-11H2,(H,23,31)(H,26,30). The molecule has 13 heteroatoms. The number of sulfone groups is 1. The largest absolute Gasteiger partial charge is 0.381 e. The second kappa shape index (κ2) is 9.58. The van der Waals surface area contributed by atoms with Gasteiger partial charge in [-0.15, -0.1) is 0 Å². The van der Waals surface area contributed by atoms with Crippen molar-refractivity contribution in [2.75, 3.05) is 36.6 Å². The van der Waals surface area contributed by atoms with Gasteiger partial charge in [0.2, 0.25) is 0 Å². The van der Waals surface area contributed by atoms with E-state index in [1.54, 1.807) is 41.5 Å². The van der Waals surface area contributed by atoms with Gasteiger partial charge in [0.05, 0.1) is 41.7 Å². The van der Waals surface area contributed by atoms with Crippen LogP contribution in [0.15, 0.2) is 36.8 Å². The summed E-state index contributed by atoms with van der Waals surface area (Å²) in [6.45, 7) is 1.25. The minimum absolute atomic E-state index is 0.0164. The van der Waals surface area contributed by atoms with Crippen LogP contribution >= 0.6 is 0 Å². The first-order valence-corrected chi connectivity index (χ1v) is 13.2. The average molecular weight is 500 g/mol. The minimum atomic E-state index is -3.44. The Morgan fingerprint density at radius 2 is 1.83 bits per heavy atom. The number of aromatic nitrogens is 5. The number of pyridine rings is 1. The Morgan fingerprint density at radius 1 is 1.03 bits per heavy atom. The fraction of sp³-hybridized carbons (Fsp3) is 0.409. The second-order valence-electron chi connectivity index (χ2n) is 8.48. The van der Waals surface area contributed by atoms with Gasteiger partial charge in [-0.3, -0.25) is 19.0 Å². The van der Waals surface area contributed by atoms with Gasteiger partial charge in [-0.25, -0.2) is 13.4 Å². The molecule has 0 unspecified atom stereocenters. The molecule has 0 atom stereocenters. The molecule has 2 amide bonds. The second-order valence-corrected chi connectivity index (χ2v) is 10.8. The van der Waals surface area contributed by atoms with Gasteiger partial charge in [0.1, 0.15) is 5.69 Å². The summed E-state index contributed by atoms with van der Waals surface area (Å²) in [6.07, 6.45) is 6.35. The van der Waals surface area contributed by atoms with Crippen LogP contribution in [-0.2, 0) is 21.1 Å². The maximum Gasteiger partial charge on any atom is 0.274 e. The van der Waals surface area contributed by atoms with Gasteiger partial charge >= 0.3 is 0 Å². The van der Waals surface area contributed by atoms with Crippen molar-refractivity contribution in [1.29, 1.82) is 0 Å². The van der Waals surface area contributed by atoms with Gasteiger partial charge in [0.15, 0.2) is 15.5 Å². The van der Waals surface area contributed by atoms with Gasteiger partial charge in [0, 0.05) is 37.7 Å². The summed E-state index contributed by atoms with van der Waals surface area (Å²) in [4.78, 5) is 30.4. The number of ether oxygens (including phenoxy) is 1. The van der Waals surface area contributed by atoms with Crippen molar-refractivity contribution in [1.82, 2.24) is 29.9 Å². The summed E-state index contributed by atoms with van der Waals surface area (Å²) in [6, 6.07) is 5.04. The first-order chi connectivity index (χ1) is 16.9. The molecule has 0 spiro atoms. The quantitative estimate of drug-likeness (QED) is 0.501. The lowest BCUT2D eigenvalue weighted by Crippen LogP contribution is -2.31. The number of nitrogens with zero attached hydrogens (tertiary/aromatic N) is 5. The number of carbonyl (C=O) groups is 2. The van der Waals surface area contributed by atoms with Crippen LogP contribution < -0.4 is 10.6 Å². The van der Waals surface area contributed by atoms with Crippen molar-refractivity contribution < 1.29 is 22.7 Å². The molecule has 0 saturated carbocycles. The van der Waals surface area contributed by atoms with E-state index in [2.05, 4.69) is 25.8 Å². The Labute approximate surface area is 201 Å². The van der Waals surface area contributed by atoms with Crippen LogP contribution in [0.4, 0.5) is 5.69 Å². The Bertz CT molecular complexity index is 1360. The topological polar surface area (TPSA) is 150 Å². The molecule has 2 aliphatic heterocycles. The molecule has 1 fully saturated rings. The fourth-order valence-corrected chi connectivity index (χ4v) is 5.13. The number of hydrogen-bond donors (Lipinski definition) is 2. The third-order valence-electron chi connectivity index (χ3n) is 6.00. The summed E-state index contributed by atoms with van der Waals surface area (Å²) in [7, 11) is -3.44. The lowest BCUT2D eigenvalue weighted by atomic mass is 10.1. The van der Waals surface area contributed by atoms with Crippen LogP contribution in [0.5, 0.6) is 0 Å². The Kier molecular flexibility index (Phi) is 6.34. The molecule has 2 aliphatic rings. The zero-order chi connectivity index (χ0) is 24.4. The molecule has 2 N–H and O–H groups in total. The Hall–Kier alpha value is -3.58. The summed E-state index contributed by atoms with van der Waals surface area (Å²) >= 11 is 0. The van der Waals surface area contributed by atoms with Crippen LogP contribution in [0.1, 0.15) is 39.9 Å². The molecule has 3 aromatic heterocycles. The highest BCUT2D eigenvalue weighted by molar-refractivity contribution is 7.91. The summed E-state index contributed by atoms with van der Waals surface area (Å²) < 4.78 is 33.6. The SMILES string of the molecule is O=C1Nc2cn(C3CCOCC3)nc2C(=O)NCCS(=O)(=O)CCn2cc(cn2)-c2cccc1n2. The fourth-order valence-electron chi connectivity index (χ4n) is 4.05. The Morgan fingerprint density at radius 3 is 2.66 bits per heavy atom. The predicted octanol–water partition coefficient (Wildman–Crippen LogP) is 0.904. The van der Waals surface area contributed by atoms with Crippen molar-refractivity contribution in [3.63, 3.8) is 0 Å². The maximum atomic E-state index is 13.1. The molecular weight excluding hydrogens is 474 g/mol. The van der Waals surface area contributed by atoms with Crippen LogP contribution in [0, 0.1) is 0 Å². The molecule has 5 rings (SSSR count). The first kappa shape index (κ1) is 23.2. The van der Waals surface area contributed by atoms with Crippen molar-refractivity contribution in [2.45, 2.75) is 25.4 Å².